The van der Waals surface area contributed by atoms with Crippen molar-refractivity contribution in [3.05, 3.63) is 24.0 Å². The Morgan fingerprint density at radius 1 is 0.750 bits per heavy atom. The Morgan fingerprint density at radius 3 is 1.87 bits per heavy atom. The van der Waals surface area contributed by atoms with Crippen molar-refractivity contribution in [2.24, 2.45) is 0 Å². The molecule has 0 spiro atoms. The Labute approximate surface area is 487 Å². The van der Waals surface area contributed by atoms with Crippen molar-refractivity contribution in [1.29, 1.82) is 0 Å². The number of carbonyl (C=O) groups is 1. The number of rotatable bonds is 24. The van der Waals surface area contributed by atoms with Gasteiger partial charge in [0.15, 0.2) is 46.0 Å². The van der Waals surface area contributed by atoms with Crippen LogP contribution in [0.5, 0.6) is 0 Å². The standard InChI is InChI=1S/C32H52N5O10P.C21H34N5O9P/c1-9-43-48(8,41)32(7,19-39)42-18-22-24-25(46-31(5,6)45-24)28(44-22)37-27-21(17-33-37)26(34-23(35-27)15-12-16-38)36(20-13-10-11-14-20)29(40)47-30(2,3)4;1-21(11-28,36(31,32)33)34-10-14-16(29)17(30)20(35-14)26-19-13(9-22-26)18(23-12-5-2-3-6-12)24-15(25-19)7-4-8-27/h17,20,22,24-25,28,38-39H,9-16,18-19H2,1-8H3;9,12,14,16-17,20,27-30H,2-8,10-11H2,1H3,(H,23,24,25)(H2,31,32,33)/t22-,24-,25-,28-,32?,48?;14-,16-,17-,20-,21?/m11/s1. The van der Waals surface area contributed by atoms with Crippen LogP contribution in [0.15, 0.2) is 12.4 Å². The van der Waals surface area contributed by atoms with E-state index in [0.29, 0.717) is 71.0 Å². The van der Waals surface area contributed by atoms with E-state index >= 15 is 0 Å². The molecule has 29 nitrogen and oxygen atoms in total. The van der Waals surface area contributed by atoms with Gasteiger partial charge in [-0.15, -0.1) is 0 Å². The molecule has 472 valence electrons. The fourth-order valence-corrected chi connectivity index (χ4v) is 12.7. The number of amides is 1. The Bertz CT molecular complexity index is 2970. The summed E-state index contributed by atoms with van der Waals surface area (Å²) in [7, 11) is -8.22. The smallest absolute Gasteiger partial charge is 0.416 e. The summed E-state index contributed by atoms with van der Waals surface area (Å²) in [6.07, 6.45) is 4.27. The summed E-state index contributed by atoms with van der Waals surface area (Å²) in [5, 5.41) is 69.8. The van der Waals surface area contributed by atoms with Gasteiger partial charge in [0.2, 0.25) is 7.37 Å². The van der Waals surface area contributed by atoms with Gasteiger partial charge in [0, 0.05) is 44.8 Å². The summed E-state index contributed by atoms with van der Waals surface area (Å²) in [4.78, 5) is 53.3. The molecular formula is C53H86N10O19P2. The number of nitrogens with one attached hydrogen (secondary N) is 1. The summed E-state index contributed by atoms with van der Waals surface area (Å²) in [5.41, 5.74) is 0.0695. The highest BCUT2D eigenvalue weighted by molar-refractivity contribution is 7.59. The van der Waals surface area contributed by atoms with Crippen molar-refractivity contribution in [2.45, 2.75) is 216 Å². The van der Waals surface area contributed by atoms with Crippen molar-refractivity contribution in [1.82, 2.24) is 39.5 Å². The summed E-state index contributed by atoms with van der Waals surface area (Å²) < 4.78 is 75.7. The second-order valence-corrected chi connectivity index (χ2v) is 28.9. The number of aromatic nitrogens is 8. The average molecular weight is 1230 g/mol. The Morgan fingerprint density at radius 2 is 1.29 bits per heavy atom. The van der Waals surface area contributed by atoms with Crippen LogP contribution in [0, 0.1) is 0 Å². The van der Waals surface area contributed by atoms with Gasteiger partial charge in [-0.2, -0.15) is 10.2 Å². The van der Waals surface area contributed by atoms with E-state index in [4.69, 9.17) is 52.7 Å². The van der Waals surface area contributed by atoms with Gasteiger partial charge in [-0.05, 0) is 93.9 Å². The molecule has 5 aliphatic rings. The molecule has 9 rings (SSSR count). The number of nitrogens with zero attached hydrogens (tertiary/aromatic N) is 9. The SMILES string of the molecule is CC(CO)(OC[C@H]1O[C@@H](n2ncc3c(NC4CCCC4)nc(CCCO)nc32)[C@H](O)[C@@H]1O)P(=O)(O)O.CCOP(C)(=O)C(C)(CO)OC[C@H]1O[C@@H](n2ncc3c(N(C(=O)OC(C)(C)C)C4CCCC4)nc(CCCO)nc32)[C@@H]2OC(C)(C)O[C@@H]21. The van der Waals surface area contributed by atoms with Crippen molar-refractivity contribution < 1.29 is 92.0 Å². The van der Waals surface area contributed by atoms with Crippen LogP contribution in [-0.2, 0) is 59.7 Å². The molecule has 0 aromatic carbocycles. The van der Waals surface area contributed by atoms with E-state index in [2.05, 4.69) is 20.4 Å². The lowest BCUT2D eigenvalue weighted by molar-refractivity contribution is -0.206. The third-order valence-electron chi connectivity index (χ3n) is 15.8. The van der Waals surface area contributed by atoms with E-state index in [0.717, 1.165) is 58.3 Å². The number of carbonyl (C=O) groups excluding carboxylic acids is 1. The Hall–Kier alpha value is -3.97. The summed E-state index contributed by atoms with van der Waals surface area (Å²) in [6.45, 7) is 13.0. The molecule has 1 amide bonds. The van der Waals surface area contributed by atoms with Gasteiger partial charge >= 0.3 is 13.7 Å². The van der Waals surface area contributed by atoms with Gasteiger partial charge in [0.25, 0.3) is 0 Å². The first-order valence-corrected chi connectivity index (χ1v) is 32.6. The van der Waals surface area contributed by atoms with Crippen LogP contribution in [0.4, 0.5) is 16.4 Å². The highest BCUT2D eigenvalue weighted by atomic mass is 31.2. The van der Waals surface area contributed by atoms with E-state index in [1.165, 1.54) is 11.3 Å². The van der Waals surface area contributed by atoms with E-state index in [1.807, 2.05) is 34.6 Å². The van der Waals surface area contributed by atoms with Gasteiger partial charge in [-0.1, -0.05) is 25.7 Å². The highest BCUT2D eigenvalue weighted by Crippen LogP contribution is 2.57. The lowest BCUT2D eigenvalue weighted by Gasteiger charge is -2.34. The van der Waals surface area contributed by atoms with E-state index < -0.39 is 112 Å². The topological polar surface area (TPSA) is 389 Å². The number of ether oxygens (including phenoxy) is 7. The normalized spacial score (nSPS) is 26.9. The molecule has 9 N–H and O–H groups in total. The number of aryl methyl sites for hydroxylation is 2. The van der Waals surface area contributed by atoms with Gasteiger partial charge in [0.1, 0.15) is 59.7 Å². The molecule has 0 radical (unpaired) electrons. The van der Waals surface area contributed by atoms with E-state index in [-0.39, 0.29) is 38.5 Å². The van der Waals surface area contributed by atoms with Crippen LogP contribution < -0.4 is 10.2 Å². The van der Waals surface area contributed by atoms with Crippen molar-refractivity contribution in [3.8, 4) is 0 Å². The molecule has 31 heteroatoms. The van der Waals surface area contributed by atoms with Crippen LogP contribution in [0.25, 0.3) is 22.1 Å². The van der Waals surface area contributed by atoms with Crippen LogP contribution in [0.2, 0.25) is 0 Å². The monoisotopic (exact) mass is 1230 g/mol. The number of aliphatic hydroxyl groups excluding tert-OH is 6. The lowest BCUT2D eigenvalue weighted by atomic mass is 10.1. The molecule has 0 bridgehead atoms. The van der Waals surface area contributed by atoms with Gasteiger partial charge < -0.3 is 83.4 Å². The Kier molecular flexibility index (Phi) is 21.0. The predicted octanol–water partition coefficient (Wildman–Crippen LogP) is 4.15. The average Bonchev–Trinajstić information content (AvgIpc) is 1.89. The zero-order chi connectivity index (χ0) is 61.2. The fourth-order valence-electron chi connectivity index (χ4n) is 10.9. The zero-order valence-corrected chi connectivity index (χ0v) is 51.1. The molecule has 2 aliphatic carbocycles. The number of aliphatic hydroxyl groups is 6. The third-order valence-corrected chi connectivity index (χ3v) is 20.0. The first-order valence-electron chi connectivity index (χ1n) is 28.9. The maximum absolute atomic E-state index is 13.8. The summed E-state index contributed by atoms with van der Waals surface area (Å²) in [5.74, 6) is 0.956. The predicted molar refractivity (Wildman–Crippen MR) is 302 cm³/mol. The minimum atomic E-state index is -4.84. The fraction of sp³-hybridized carbons (Fsp3) is 0.792. The largest absolute Gasteiger partial charge is 0.443 e. The molecule has 4 aromatic heterocycles. The number of hydrogen-bond acceptors (Lipinski definition) is 24. The van der Waals surface area contributed by atoms with Gasteiger partial charge in [-0.25, -0.2) is 34.1 Å². The van der Waals surface area contributed by atoms with Gasteiger partial charge in [-0.3, -0.25) is 14.0 Å². The first kappa shape index (κ1) is 66.0. The van der Waals surface area contributed by atoms with E-state index in [9.17, 15) is 54.4 Å². The number of fused-ring (bicyclic) bond motifs is 3. The molecule has 7 heterocycles. The van der Waals surface area contributed by atoms with Crippen molar-refractivity contribution in [3.63, 3.8) is 0 Å². The van der Waals surface area contributed by atoms with Crippen LogP contribution >= 0.6 is 15.0 Å². The summed E-state index contributed by atoms with van der Waals surface area (Å²) in [6, 6.07) is 0.156. The molecular weight excluding hydrogens is 1140 g/mol. The van der Waals surface area contributed by atoms with Crippen LogP contribution in [0.1, 0.15) is 144 Å². The maximum Gasteiger partial charge on any atom is 0.416 e. The van der Waals surface area contributed by atoms with Crippen LogP contribution in [0.3, 0.4) is 0 Å². The van der Waals surface area contributed by atoms with Gasteiger partial charge in [0.05, 0.1) is 56.2 Å². The zero-order valence-electron chi connectivity index (χ0n) is 49.4. The molecule has 3 aliphatic heterocycles. The first-order chi connectivity index (χ1) is 39.6. The van der Waals surface area contributed by atoms with Crippen molar-refractivity contribution in [2.75, 3.05) is 63.1 Å². The Balaban J connectivity index is 0.000000228. The molecule has 5 fully saturated rings. The minimum absolute atomic E-state index is 0.0221. The molecule has 3 saturated heterocycles. The summed E-state index contributed by atoms with van der Waals surface area (Å²) >= 11 is 0. The van der Waals surface area contributed by atoms with E-state index in [1.54, 1.807) is 35.8 Å². The third kappa shape index (κ3) is 14.4. The number of anilines is 2. The molecule has 3 unspecified atom stereocenters. The minimum Gasteiger partial charge on any atom is -0.443 e. The van der Waals surface area contributed by atoms with Crippen LogP contribution in [-0.4, -0.2) is 210 Å². The maximum atomic E-state index is 13.8. The highest BCUT2D eigenvalue weighted by Gasteiger charge is 2.58. The molecule has 4 aromatic rings. The molecule has 84 heavy (non-hydrogen) atoms. The second kappa shape index (κ2) is 26.8. The molecule has 2 saturated carbocycles. The molecule has 11 atom stereocenters. The van der Waals surface area contributed by atoms with Crippen molar-refractivity contribution >= 4 is 54.8 Å². The second-order valence-electron chi connectivity index (χ2n) is 23.9. The lowest BCUT2D eigenvalue weighted by Crippen LogP contribution is -2.43. The number of hydrogen-bond donors (Lipinski definition) is 9. The quantitative estimate of drug-likeness (QED) is 0.0445.